The molecule has 6 nitrogen and oxygen atoms in total. The van der Waals surface area contributed by atoms with Gasteiger partial charge in [-0.1, -0.05) is 31.0 Å². The van der Waals surface area contributed by atoms with Gasteiger partial charge in [0.1, 0.15) is 5.84 Å². The molecule has 0 bridgehead atoms. The molecule has 1 spiro atoms. The zero-order valence-corrected chi connectivity index (χ0v) is 16.9. The van der Waals surface area contributed by atoms with E-state index in [-0.39, 0.29) is 5.54 Å². The van der Waals surface area contributed by atoms with E-state index < -0.39 is 0 Å². The molecule has 0 radical (unpaired) electrons. The molecule has 1 aromatic carbocycles. The maximum absolute atomic E-state index is 12.9. The average molecular weight is 385 g/mol. The molecule has 0 aromatic heterocycles. The highest BCUT2D eigenvalue weighted by molar-refractivity contribution is 6.04. The standard InChI is InChI=1S/C22H32N4O2/c1-28-13-11-23-21-22(24-15-18-8-4-5-9-19(18)25-21)10-12-26(16-22)20(27)14-17-6-2-3-7-17/h4-5,8-9,17,24H,2-3,6-7,10-16H2,1H3,(H,23,25). The van der Waals surface area contributed by atoms with Gasteiger partial charge in [-0.2, -0.15) is 0 Å². The second kappa shape index (κ2) is 8.62. The number of carbonyl (C=O) groups excluding carboxylic acids is 1. The van der Waals surface area contributed by atoms with Crippen molar-refractivity contribution in [2.45, 2.75) is 50.6 Å². The smallest absolute Gasteiger partial charge is 0.222 e. The van der Waals surface area contributed by atoms with Crippen molar-refractivity contribution < 1.29 is 9.53 Å². The topological polar surface area (TPSA) is 66.0 Å². The summed E-state index contributed by atoms with van der Waals surface area (Å²) in [5.41, 5.74) is 2.02. The molecular weight excluding hydrogens is 352 g/mol. The Morgan fingerprint density at radius 3 is 2.96 bits per heavy atom. The summed E-state index contributed by atoms with van der Waals surface area (Å²) >= 11 is 0. The molecule has 1 saturated heterocycles. The molecule has 1 unspecified atom stereocenters. The Bertz CT molecular complexity index is 729. The molecule has 3 aliphatic rings. The molecule has 2 aliphatic heterocycles. The van der Waals surface area contributed by atoms with Gasteiger partial charge in [0.2, 0.25) is 5.91 Å². The number of nitrogens with one attached hydrogen (secondary N) is 2. The maximum Gasteiger partial charge on any atom is 0.222 e. The van der Waals surface area contributed by atoms with Gasteiger partial charge >= 0.3 is 0 Å². The van der Waals surface area contributed by atoms with Crippen molar-refractivity contribution >= 4 is 17.4 Å². The first kappa shape index (κ1) is 19.4. The predicted molar refractivity (Wildman–Crippen MR) is 112 cm³/mol. The van der Waals surface area contributed by atoms with Crippen LogP contribution in [0.2, 0.25) is 0 Å². The second-order valence-corrected chi connectivity index (χ2v) is 8.36. The lowest BCUT2D eigenvalue weighted by Gasteiger charge is -2.31. The van der Waals surface area contributed by atoms with E-state index in [2.05, 4.69) is 33.7 Å². The lowest BCUT2D eigenvalue weighted by molar-refractivity contribution is -0.131. The van der Waals surface area contributed by atoms with Crippen LogP contribution < -0.4 is 10.6 Å². The maximum atomic E-state index is 12.9. The SMILES string of the molecule is COCCN=C1Nc2ccccc2CNC12CCN(C(=O)CC1CCCC1)C2. The third-order valence-corrected chi connectivity index (χ3v) is 6.47. The Morgan fingerprint density at radius 2 is 2.14 bits per heavy atom. The van der Waals surface area contributed by atoms with Gasteiger partial charge < -0.3 is 15.0 Å². The van der Waals surface area contributed by atoms with Crippen molar-refractivity contribution in [2.75, 3.05) is 38.7 Å². The zero-order chi connectivity index (χ0) is 19.4. The van der Waals surface area contributed by atoms with E-state index >= 15 is 0 Å². The van der Waals surface area contributed by atoms with E-state index in [4.69, 9.17) is 9.73 Å². The van der Waals surface area contributed by atoms with Crippen LogP contribution in [0, 0.1) is 5.92 Å². The first-order chi connectivity index (χ1) is 13.7. The molecule has 2 N–H and O–H groups in total. The number of hydrogen-bond donors (Lipinski definition) is 2. The van der Waals surface area contributed by atoms with E-state index in [1.165, 1.54) is 31.2 Å². The number of benzene rings is 1. The van der Waals surface area contributed by atoms with Crippen molar-refractivity contribution in [1.29, 1.82) is 0 Å². The van der Waals surface area contributed by atoms with E-state index in [0.29, 0.717) is 37.9 Å². The molecule has 1 aromatic rings. The normalized spacial score (nSPS) is 26.5. The summed E-state index contributed by atoms with van der Waals surface area (Å²) in [4.78, 5) is 19.8. The summed E-state index contributed by atoms with van der Waals surface area (Å²) in [6, 6.07) is 8.34. The number of anilines is 1. The van der Waals surface area contributed by atoms with Crippen LogP contribution in [0.3, 0.4) is 0 Å². The predicted octanol–water partition coefficient (Wildman–Crippen LogP) is 2.80. The van der Waals surface area contributed by atoms with Crippen molar-refractivity contribution in [2.24, 2.45) is 10.9 Å². The molecule has 4 rings (SSSR count). The second-order valence-electron chi connectivity index (χ2n) is 8.36. The van der Waals surface area contributed by atoms with Crippen molar-refractivity contribution in [3.05, 3.63) is 29.8 Å². The number of nitrogens with zero attached hydrogens (tertiary/aromatic N) is 2. The van der Waals surface area contributed by atoms with Crippen LogP contribution in [0.15, 0.2) is 29.3 Å². The number of amidine groups is 1. The fourth-order valence-corrected chi connectivity index (χ4v) is 4.78. The van der Waals surface area contributed by atoms with Gasteiger partial charge in [-0.05, 0) is 36.8 Å². The molecule has 1 atom stereocenters. The summed E-state index contributed by atoms with van der Waals surface area (Å²) in [6.45, 7) is 3.45. The third-order valence-electron chi connectivity index (χ3n) is 6.47. The molecule has 2 heterocycles. The zero-order valence-electron chi connectivity index (χ0n) is 16.9. The minimum atomic E-state index is -0.307. The van der Waals surface area contributed by atoms with Crippen LogP contribution >= 0.6 is 0 Å². The lowest BCUT2D eigenvalue weighted by Crippen LogP contribution is -2.55. The van der Waals surface area contributed by atoms with E-state index in [0.717, 1.165) is 31.0 Å². The molecule has 1 saturated carbocycles. The molecular formula is C22H32N4O2. The fourth-order valence-electron chi connectivity index (χ4n) is 4.78. The van der Waals surface area contributed by atoms with Crippen LogP contribution in [-0.2, 0) is 16.1 Å². The Morgan fingerprint density at radius 1 is 1.32 bits per heavy atom. The Labute approximate surface area is 167 Å². The van der Waals surface area contributed by atoms with Gasteiger partial charge in [-0.15, -0.1) is 0 Å². The summed E-state index contributed by atoms with van der Waals surface area (Å²) in [5, 5.41) is 7.32. The molecule has 6 heteroatoms. The number of ether oxygens (including phenoxy) is 1. The van der Waals surface area contributed by atoms with Crippen LogP contribution in [0.1, 0.15) is 44.1 Å². The third kappa shape index (κ3) is 4.08. The number of rotatable bonds is 5. The monoisotopic (exact) mass is 384 g/mol. The average Bonchev–Trinajstić information content (AvgIpc) is 3.34. The van der Waals surface area contributed by atoms with Gasteiger partial charge in [0, 0.05) is 38.9 Å². The van der Waals surface area contributed by atoms with E-state index in [1.54, 1.807) is 7.11 Å². The van der Waals surface area contributed by atoms with Gasteiger partial charge in [-0.25, -0.2) is 0 Å². The van der Waals surface area contributed by atoms with Crippen molar-refractivity contribution in [3.63, 3.8) is 0 Å². The Kier molecular flexibility index (Phi) is 5.97. The summed E-state index contributed by atoms with van der Waals surface area (Å²) in [7, 11) is 1.70. The fraction of sp³-hybridized carbons (Fsp3) is 0.636. The Hall–Kier alpha value is -1.92. The largest absolute Gasteiger partial charge is 0.383 e. The van der Waals surface area contributed by atoms with Crippen molar-refractivity contribution in [1.82, 2.24) is 10.2 Å². The lowest BCUT2D eigenvalue weighted by atomic mass is 9.96. The van der Waals surface area contributed by atoms with Crippen LogP contribution in [0.5, 0.6) is 0 Å². The van der Waals surface area contributed by atoms with Crippen LogP contribution in [0.4, 0.5) is 5.69 Å². The van der Waals surface area contributed by atoms with Crippen molar-refractivity contribution in [3.8, 4) is 0 Å². The highest BCUT2D eigenvalue weighted by Crippen LogP contribution is 2.32. The first-order valence-electron chi connectivity index (χ1n) is 10.6. The first-order valence-corrected chi connectivity index (χ1v) is 10.6. The number of para-hydroxylation sites is 1. The van der Waals surface area contributed by atoms with Gasteiger partial charge in [0.05, 0.1) is 18.7 Å². The summed E-state index contributed by atoms with van der Waals surface area (Å²) < 4.78 is 5.20. The summed E-state index contributed by atoms with van der Waals surface area (Å²) in [5.74, 6) is 1.83. The number of likely N-dealkylation sites (tertiary alicyclic amines) is 1. The quantitative estimate of drug-likeness (QED) is 0.766. The van der Waals surface area contributed by atoms with Gasteiger partial charge in [0.25, 0.3) is 0 Å². The molecule has 152 valence electrons. The highest BCUT2D eigenvalue weighted by Gasteiger charge is 2.45. The van der Waals surface area contributed by atoms with Gasteiger partial charge in [-0.3, -0.25) is 15.1 Å². The van der Waals surface area contributed by atoms with Gasteiger partial charge in [0.15, 0.2) is 0 Å². The van der Waals surface area contributed by atoms with Crippen LogP contribution in [0.25, 0.3) is 0 Å². The number of amides is 1. The van der Waals surface area contributed by atoms with E-state index in [1.807, 2.05) is 6.07 Å². The Balaban J connectivity index is 1.52. The number of hydrogen-bond acceptors (Lipinski definition) is 4. The number of fused-ring (bicyclic) bond motifs is 1. The molecule has 28 heavy (non-hydrogen) atoms. The minimum absolute atomic E-state index is 0.307. The minimum Gasteiger partial charge on any atom is -0.383 e. The summed E-state index contributed by atoms with van der Waals surface area (Å²) in [6.07, 6.45) is 6.58. The molecule has 2 fully saturated rings. The molecule has 1 amide bonds. The number of carbonyl (C=O) groups is 1. The molecule has 1 aliphatic carbocycles. The number of aliphatic imine (C=N–C) groups is 1. The van der Waals surface area contributed by atoms with Crippen LogP contribution in [-0.4, -0.2) is 55.5 Å². The highest BCUT2D eigenvalue weighted by atomic mass is 16.5. The van der Waals surface area contributed by atoms with E-state index in [9.17, 15) is 4.79 Å². The number of methoxy groups -OCH3 is 1.